The van der Waals surface area contributed by atoms with Gasteiger partial charge < -0.3 is 9.64 Å². The van der Waals surface area contributed by atoms with Gasteiger partial charge in [-0.3, -0.25) is 4.79 Å². The van der Waals surface area contributed by atoms with Crippen molar-refractivity contribution >= 4 is 28.4 Å². The van der Waals surface area contributed by atoms with Crippen molar-refractivity contribution in [3.63, 3.8) is 0 Å². The number of alkyl halides is 1. The van der Waals surface area contributed by atoms with E-state index in [4.69, 9.17) is 16.3 Å². The molecule has 4 nitrogen and oxygen atoms in total. The normalized spacial score (nSPS) is 19.2. The van der Waals surface area contributed by atoms with Crippen LogP contribution in [0.15, 0.2) is 36.4 Å². The van der Waals surface area contributed by atoms with E-state index in [1.54, 1.807) is 11.0 Å². The molecule has 20 heavy (non-hydrogen) atoms. The highest BCUT2D eigenvalue weighted by atomic mass is 35.5. The zero-order valence-electron chi connectivity index (χ0n) is 11.0. The smallest absolute Gasteiger partial charge is 0.272 e. The zero-order valence-corrected chi connectivity index (χ0v) is 11.7. The van der Waals surface area contributed by atoms with Crippen LogP contribution in [0.2, 0.25) is 0 Å². The van der Waals surface area contributed by atoms with Crippen LogP contribution >= 0.6 is 11.6 Å². The van der Waals surface area contributed by atoms with Crippen molar-refractivity contribution in [2.75, 3.05) is 25.6 Å². The Kier molecular flexibility index (Phi) is 3.85. The summed E-state index contributed by atoms with van der Waals surface area (Å²) in [6, 6.07) is 11.4. The molecule has 104 valence electrons. The van der Waals surface area contributed by atoms with Crippen LogP contribution in [0.25, 0.3) is 10.9 Å². The van der Waals surface area contributed by atoms with Crippen molar-refractivity contribution in [2.24, 2.45) is 0 Å². The average molecular weight is 291 g/mol. The number of pyridine rings is 1. The largest absolute Gasteiger partial charge is 0.377 e. The summed E-state index contributed by atoms with van der Waals surface area (Å²) in [6.07, 6.45) is 0. The minimum atomic E-state index is -0.0790. The number of aromatic nitrogens is 1. The van der Waals surface area contributed by atoms with E-state index in [9.17, 15) is 4.79 Å². The van der Waals surface area contributed by atoms with Crippen molar-refractivity contribution in [3.8, 4) is 0 Å². The number of amides is 1. The maximum absolute atomic E-state index is 12.6. The van der Waals surface area contributed by atoms with Crippen LogP contribution in [0.1, 0.15) is 10.5 Å². The molecule has 1 saturated heterocycles. The molecule has 1 atom stereocenters. The first-order valence-corrected chi connectivity index (χ1v) is 7.13. The molecule has 0 radical (unpaired) electrons. The number of hydrogen-bond acceptors (Lipinski definition) is 3. The third-order valence-electron chi connectivity index (χ3n) is 3.48. The molecular weight excluding hydrogens is 276 g/mol. The van der Waals surface area contributed by atoms with E-state index in [-0.39, 0.29) is 11.9 Å². The van der Waals surface area contributed by atoms with Crippen molar-refractivity contribution in [1.29, 1.82) is 0 Å². The van der Waals surface area contributed by atoms with Gasteiger partial charge in [0.2, 0.25) is 0 Å². The maximum Gasteiger partial charge on any atom is 0.272 e. The number of hydrogen-bond donors (Lipinski definition) is 0. The molecule has 0 N–H and O–H groups in total. The molecule has 2 aromatic rings. The van der Waals surface area contributed by atoms with Crippen LogP contribution in [0, 0.1) is 0 Å². The summed E-state index contributed by atoms with van der Waals surface area (Å²) in [6.45, 7) is 1.60. The molecule has 0 saturated carbocycles. The van der Waals surface area contributed by atoms with Crippen molar-refractivity contribution < 1.29 is 9.53 Å². The van der Waals surface area contributed by atoms with Crippen molar-refractivity contribution in [1.82, 2.24) is 9.88 Å². The van der Waals surface area contributed by atoms with Gasteiger partial charge in [0.05, 0.1) is 24.8 Å². The summed E-state index contributed by atoms with van der Waals surface area (Å²) in [7, 11) is 0. The van der Waals surface area contributed by atoms with E-state index in [0.29, 0.717) is 31.3 Å². The Bertz CT molecular complexity index is 632. The Hall–Kier alpha value is -1.65. The molecule has 5 heteroatoms. The number of carbonyl (C=O) groups is 1. The average Bonchev–Trinajstić information content (AvgIpc) is 2.53. The summed E-state index contributed by atoms with van der Waals surface area (Å²) < 4.78 is 5.36. The quantitative estimate of drug-likeness (QED) is 0.797. The van der Waals surface area contributed by atoms with Gasteiger partial charge in [-0.2, -0.15) is 0 Å². The van der Waals surface area contributed by atoms with Gasteiger partial charge in [0.15, 0.2) is 0 Å². The lowest BCUT2D eigenvalue weighted by Gasteiger charge is -2.34. The third-order valence-corrected chi connectivity index (χ3v) is 3.84. The summed E-state index contributed by atoms with van der Waals surface area (Å²) in [5.74, 6) is 0.295. The van der Waals surface area contributed by atoms with Crippen molar-refractivity contribution in [2.45, 2.75) is 6.04 Å². The highest BCUT2D eigenvalue weighted by molar-refractivity contribution is 6.18. The summed E-state index contributed by atoms with van der Waals surface area (Å²) in [5.41, 5.74) is 1.29. The molecule has 0 spiro atoms. The topological polar surface area (TPSA) is 42.4 Å². The van der Waals surface area contributed by atoms with Crippen LogP contribution in [0.5, 0.6) is 0 Å². The fourth-order valence-electron chi connectivity index (χ4n) is 2.38. The van der Waals surface area contributed by atoms with E-state index in [0.717, 1.165) is 10.9 Å². The Morgan fingerprint density at radius 2 is 2.20 bits per heavy atom. The number of morpholine rings is 1. The Balaban J connectivity index is 1.91. The van der Waals surface area contributed by atoms with Crippen molar-refractivity contribution in [3.05, 3.63) is 42.1 Å². The molecule has 1 fully saturated rings. The molecule has 3 rings (SSSR count). The molecule has 1 unspecified atom stereocenters. The summed E-state index contributed by atoms with van der Waals surface area (Å²) in [5, 5.41) is 1.03. The van der Waals surface area contributed by atoms with E-state index < -0.39 is 0 Å². The van der Waals surface area contributed by atoms with Gasteiger partial charge in [0, 0.05) is 17.8 Å². The number of rotatable bonds is 2. The molecular formula is C15H15ClN2O2. The van der Waals surface area contributed by atoms with Gasteiger partial charge in [-0.05, 0) is 12.1 Å². The van der Waals surface area contributed by atoms with Crippen LogP contribution in [-0.4, -0.2) is 47.5 Å². The Labute approximate surface area is 122 Å². The Morgan fingerprint density at radius 1 is 1.35 bits per heavy atom. The van der Waals surface area contributed by atoms with E-state index in [1.807, 2.05) is 30.3 Å². The maximum atomic E-state index is 12.6. The molecule has 1 aliphatic heterocycles. The first-order chi connectivity index (χ1) is 9.79. The van der Waals surface area contributed by atoms with Gasteiger partial charge in [-0.25, -0.2) is 4.98 Å². The fraction of sp³-hybridized carbons (Fsp3) is 0.333. The number of nitrogens with zero attached hydrogens (tertiary/aromatic N) is 2. The monoisotopic (exact) mass is 290 g/mol. The first kappa shape index (κ1) is 13.3. The minimum absolute atomic E-state index is 0.0776. The lowest BCUT2D eigenvalue weighted by Crippen LogP contribution is -2.49. The van der Waals surface area contributed by atoms with Crippen LogP contribution < -0.4 is 0 Å². The fourth-order valence-corrected chi connectivity index (χ4v) is 2.64. The molecule has 2 heterocycles. The highest BCUT2D eigenvalue weighted by Gasteiger charge is 2.28. The van der Waals surface area contributed by atoms with E-state index >= 15 is 0 Å². The lowest BCUT2D eigenvalue weighted by atomic mass is 10.1. The standard InChI is InChI=1S/C15H15ClN2O2/c16-9-12-10-20-8-7-18(12)15(19)14-6-5-11-3-1-2-4-13(11)17-14/h1-6,12H,7-10H2. The molecule has 1 aromatic heterocycles. The predicted octanol–water partition coefficient (Wildman–Crippen LogP) is 2.31. The van der Waals surface area contributed by atoms with Crippen LogP contribution in [0.3, 0.4) is 0 Å². The molecule has 1 aliphatic rings. The molecule has 1 amide bonds. The molecule has 0 aliphatic carbocycles. The van der Waals surface area contributed by atoms with E-state index in [1.165, 1.54) is 0 Å². The second kappa shape index (κ2) is 5.77. The third kappa shape index (κ3) is 2.49. The number of carbonyl (C=O) groups excluding carboxylic acids is 1. The van der Waals surface area contributed by atoms with E-state index in [2.05, 4.69) is 4.98 Å². The van der Waals surface area contributed by atoms with Gasteiger partial charge in [0.25, 0.3) is 5.91 Å². The van der Waals surface area contributed by atoms with Gasteiger partial charge in [-0.1, -0.05) is 24.3 Å². The molecule has 1 aromatic carbocycles. The number of para-hydroxylation sites is 1. The van der Waals surface area contributed by atoms with Gasteiger partial charge in [0.1, 0.15) is 5.69 Å². The molecule has 0 bridgehead atoms. The van der Waals surface area contributed by atoms with Gasteiger partial charge >= 0.3 is 0 Å². The SMILES string of the molecule is O=C(c1ccc2ccccc2n1)N1CCOCC1CCl. The number of benzene rings is 1. The second-order valence-electron chi connectivity index (χ2n) is 4.77. The lowest BCUT2D eigenvalue weighted by molar-refractivity contribution is 0.00426. The zero-order chi connectivity index (χ0) is 13.9. The second-order valence-corrected chi connectivity index (χ2v) is 5.08. The predicted molar refractivity (Wildman–Crippen MR) is 78.1 cm³/mol. The summed E-state index contributed by atoms with van der Waals surface area (Å²) in [4.78, 5) is 18.8. The van der Waals surface area contributed by atoms with Gasteiger partial charge in [-0.15, -0.1) is 11.6 Å². The van der Waals surface area contributed by atoms with Crippen LogP contribution in [0.4, 0.5) is 0 Å². The Morgan fingerprint density at radius 3 is 3.05 bits per heavy atom. The first-order valence-electron chi connectivity index (χ1n) is 6.60. The number of ether oxygens (including phenoxy) is 1. The minimum Gasteiger partial charge on any atom is -0.377 e. The number of fused-ring (bicyclic) bond motifs is 1. The number of halogens is 1. The summed E-state index contributed by atoms with van der Waals surface area (Å²) >= 11 is 5.91. The highest BCUT2D eigenvalue weighted by Crippen LogP contribution is 2.16. The van der Waals surface area contributed by atoms with Crippen LogP contribution in [-0.2, 0) is 4.74 Å².